The molecule has 1 aromatic carbocycles. The highest BCUT2D eigenvalue weighted by Gasteiger charge is 2.13. The van der Waals surface area contributed by atoms with E-state index in [2.05, 4.69) is 41.7 Å². The number of hydrogen-bond acceptors (Lipinski definition) is 3. The number of amides is 1. The second-order valence-corrected chi connectivity index (χ2v) is 6.70. The van der Waals surface area contributed by atoms with E-state index in [1.165, 1.54) is 0 Å². The van der Waals surface area contributed by atoms with E-state index in [-0.39, 0.29) is 12.0 Å². The van der Waals surface area contributed by atoms with Crippen LogP contribution in [0, 0.1) is 5.92 Å². The van der Waals surface area contributed by atoms with Crippen molar-refractivity contribution in [3.8, 4) is 0 Å². The molecule has 1 aromatic rings. The van der Waals surface area contributed by atoms with Gasteiger partial charge in [0.1, 0.15) is 0 Å². The van der Waals surface area contributed by atoms with Gasteiger partial charge in [0.2, 0.25) is 0 Å². The molecule has 0 spiro atoms. The molecule has 0 aliphatic heterocycles. The van der Waals surface area contributed by atoms with Gasteiger partial charge < -0.3 is 20.7 Å². The Hall–Kier alpha value is -2.08. The van der Waals surface area contributed by atoms with E-state index in [4.69, 9.17) is 4.74 Å². The molecule has 6 nitrogen and oxygen atoms in total. The number of rotatable bonds is 11. The van der Waals surface area contributed by atoms with Crippen LogP contribution in [0.5, 0.6) is 0 Å². The van der Waals surface area contributed by atoms with E-state index in [1.54, 1.807) is 0 Å². The van der Waals surface area contributed by atoms with Crippen molar-refractivity contribution in [3.05, 3.63) is 35.4 Å². The van der Waals surface area contributed by atoms with Crippen molar-refractivity contribution in [3.63, 3.8) is 0 Å². The number of nitrogens with one attached hydrogen (secondary N) is 3. The first-order chi connectivity index (χ1) is 13.0. The minimum atomic E-state index is -0.0449. The number of nitrogens with zero attached hydrogens (tertiary/aromatic N) is 1. The molecule has 0 saturated heterocycles. The number of carbonyl (C=O) groups excluding carboxylic acids is 1. The van der Waals surface area contributed by atoms with Crippen LogP contribution in [0.15, 0.2) is 29.3 Å². The molecule has 1 rings (SSSR count). The van der Waals surface area contributed by atoms with E-state index in [9.17, 15) is 4.79 Å². The lowest BCUT2D eigenvalue weighted by molar-refractivity contribution is 0.0258. The number of benzene rings is 1. The number of carbonyl (C=O) groups is 1. The molecule has 152 valence electrons. The van der Waals surface area contributed by atoms with Crippen LogP contribution >= 0.6 is 0 Å². The number of aliphatic imine (C=N–C) groups is 1. The Morgan fingerprint density at radius 3 is 2.26 bits per heavy atom. The molecule has 6 heteroatoms. The number of hydrogen-bond donors (Lipinski definition) is 3. The highest BCUT2D eigenvalue weighted by atomic mass is 16.5. The summed E-state index contributed by atoms with van der Waals surface area (Å²) in [6.07, 6.45) is 1.20. The summed E-state index contributed by atoms with van der Waals surface area (Å²) < 4.78 is 5.79. The molecule has 0 saturated carbocycles. The van der Waals surface area contributed by atoms with E-state index in [0.29, 0.717) is 24.6 Å². The minimum absolute atomic E-state index is 0.0449. The summed E-state index contributed by atoms with van der Waals surface area (Å²) in [6, 6.07) is 7.57. The van der Waals surface area contributed by atoms with Crippen LogP contribution in [0.25, 0.3) is 0 Å². The quantitative estimate of drug-likeness (QED) is 0.410. The smallest absolute Gasteiger partial charge is 0.251 e. The molecular formula is C21H36N4O2. The Balaban J connectivity index is 2.58. The number of ether oxygens (including phenoxy) is 1. The van der Waals surface area contributed by atoms with Gasteiger partial charge in [-0.3, -0.25) is 4.79 Å². The molecule has 27 heavy (non-hydrogen) atoms. The molecule has 0 heterocycles. The minimum Gasteiger partial charge on any atom is -0.378 e. The van der Waals surface area contributed by atoms with Crippen LogP contribution in [0.3, 0.4) is 0 Å². The van der Waals surface area contributed by atoms with Crippen LogP contribution in [0.4, 0.5) is 0 Å². The van der Waals surface area contributed by atoms with Gasteiger partial charge >= 0.3 is 0 Å². The molecule has 1 unspecified atom stereocenters. The largest absolute Gasteiger partial charge is 0.378 e. The molecule has 3 N–H and O–H groups in total. The first-order valence-corrected chi connectivity index (χ1v) is 10.0. The Morgan fingerprint density at radius 2 is 1.70 bits per heavy atom. The standard InChI is InChI=1S/C21H36N4O2/c1-6-22-20(26)18-11-9-17(10-12-18)15-25-21(23-7-2)24-14-13-19(16(4)5)27-8-3/h9-12,16,19H,6-8,13-15H2,1-5H3,(H,22,26)(H2,23,24,25). The zero-order chi connectivity index (χ0) is 20.1. The van der Waals surface area contributed by atoms with Crippen molar-refractivity contribution in [1.29, 1.82) is 0 Å². The predicted molar refractivity (Wildman–Crippen MR) is 112 cm³/mol. The van der Waals surface area contributed by atoms with Crippen molar-refractivity contribution >= 4 is 11.9 Å². The fourth-order valence-electron chi connectivity index (χ4n) is 2.69. The fraction of sp³-hybridized carbons (Fsp3) is 0.619. The van der Waals surface area contributed by atoms with Gasteiger partial charge in [0.15, 0.2) is 5.96 Å². The van der Waals surface area contributed by atoms with Gasteiger partial charge in [0.05, 0.1) is 12.6 Å². The Bertz CT molecular complexity index is 570. The molecule has 0 fully saturated rings. The summed E-state index contributed by atoms with van der Waals surface area (Å²) in [7, 11) is 0. The molecular weight excluding hydrogens is 340 g/mol. The lowest BCUT2D eigenvalue weighted by Crippen LogP contribution is -2.39. The maximum Gasteiger partial charge on any atom is 0.251 e. The van der Waals surface area contributed by atoms with Crippen LogP contribution in [-0.2, 0) is 11.3 Å². The van der Waals surface area contributed by atoms with Crippen LogP contribution in [-0.4, -0.2) is 44.2 Å². The van der Waals surface area contributed by atoms with Gasteiger partial charge in [-0.1, -0.05) is 26.0 Å². The third-order valence-corrected chi connectivity index (χ3v) is 4.16. The Kier molecular flexibility index (Phi) is 11.2. The Labute approximate surface area is 164 Å². The SMILES string of the molecule is CCNC(=O)c1ccc(CN=C(NCC)NCCC(OCC)C(C)C)cc1. The number of guanidine groups is 1. The van der Waals surface area contributed by atoms with E-state index < -0.39 is 0 Å². The van der Waals surface area contributed by atoms with Crippen molar-refractivity contribution in [1.82, 2.24) is 16.0 Å². The second kappa shape index (κ2) is 13.1. The normalized spacial score (nSPS) is 12.7. The molecule has 0 aliphatic carbocycles. The monoisotopic (exact) mass is 376 g/mol. The summed E-state index contributed by atoms with van der Waals surface area (Å²) in [5.74, 6) is 1.25. The zero-order valence-electron chi connectivity index (χ0n) is 17.5. The van der Waals surface area contributed by atoms with Crippen molar-refractivity contribution < 1.29 is 9.53 Å². The van der Waals surface area contributed by atoms with Crippen LogP contribution in [0.1, 0.15) is 57.0 Å². The highest BCUT2D eigenvalue weighted by molar-refractivity contribution is 5.94. The zero-order valence-corrected chi connectivity index (χ0v) is 17.5. The summed E-state index contributed by atoms with van der Waals surface area (Å²) in [4.78, 5) is 16.4. The molecule has 0 bridgehead atoms. The molecule has 0 radical (unpaired) electrons. The summed E-state index contributed by atoms with van der Waals surface area (Å²) in [5.41, 5.74) is 1.74. The highest BCUT2D eigenvalue weighted by Crippen LogP contribution is 2.10. The van der Waals surface area contributed by atoms with E-state index >= 15 is 0 Å². The van der Waals surface area contributed by atoms with Crippen LogP contribution < -0.4 is 16.0 Å². The first-order valence-electron chi connectivity index (χ1n) is 10.0. The van der Waals surface area contributed by atoms with Crippen molar-refractivity contribution in [2.75, 3.05) is 26.2 Å². The maximum absolute atomic E-state index is 11.8. The summed E-state index contributed by atoms with van der Waals surface area (Å²) >= 11 is 0. The molecule has 1 atom stereocenters. The lowest BCUT2D eigenvalue weighted by atomic mass is 10.0. The average Bonchev–Trinajstić information content (AvgIpc) is 2.65. The van der Waals surface area contributed by atoms with Gasteiger partial charge in [-0.15, -0.1) is 0 Å². The van der Waals surface area contributed by atoms with Gasteiger partial charge in [-0.25, -0.2) is 4.99 Å². The maximum atomic E-state index is 11.8. The predicted octanol–water partition coefficient (Wildman–Crippen LogP) is 2.94. The van der Waals surface area contributed by atoms with Gasteiger partial charge in [0, 0.05) is 31.8 Å². The first kappa shape index (κ1) is 23.0. The third kappa shape index (κ3) is 8.91. The molecule has 0 aliphatic rings. The van der Waals surface area contributed by atoms with Gasteiger partial charge in [-0.05, 0) is 50.8 Å². The van der Waals surface area contributed by atoms with E-state index in [1.807, 2.05) is 38.1 Å². The fourth-order valence-corrected chi connectivity index (χ4v) is 2.69. The molecule has 1 amide bonds. The topological polar surface area (TPSA) is 74.8 Å². The van der Waals surface area contributed by atoms with Crippen LogP contribution in [0.2, 0.25) is 0 Å². The lowest BCUT2D eigenvalue weighted by Gasteiger charge is -2.21. The summed E-state index contributed by atoms with van der Waals surface area (Å²) in [5, 5.41) is 9.44. The summed E-state index contributed by atoms with van der Waals surface area (Å²) in [6.45, 7) is 13.9. The average molecular weight is 377 g/mol. The van der Waals surface area contributed by atoms with Crippen molar-refractivity contribution in [2.45, 2.75) is 53.7 Å². The molecule has 0 aromatic heterocycles. The third-order valence-electron chi connectivity index (χ3n) is 4.16. The van der Waals surface area contributed by atoms with Gasteiger partial charge in [0.25, 0.3) is 5.91 Å². The van der Waals surface area contributed by atoms with E-state index in [0.717, 1.165) is 37.6 Å². The van der Waals surface area contributed by atoms with Crippen molar-refractivity contribution in [2.24, 2.45) is 10.9 Å². The Morgan fingerprint density at radius 1 is 1.04 bits per heavy atom. The van der Waals surface area contributed by atoms with Gasteiger partial charge in [-0.2, -0.15) is 0 Å². The second-order valence-electron chi connectivity index (χ2n) is 6.70.